The molecule has 14 atom stereocenters. The van der Waals surface area contributed by atoms with Crippen LogP contribution in [0, 0.1) is 46.3 Å². The summed E-state index contributed by atoms with van der Waals surface area (Å²) in [5, 5.41) is 32.6. The molecule has 7 nitrogen and oxygen atoms in total. The smallest absolute Gasteiger partial charge is 0.305 e. The first kappa shape index (κ1) is 50.4. The standard InChI is InChI=1S/C55H98O7/c1-7-8-9-10-11-12-13-14-15-16-17-18-19-20-21-22-23-24-25-29-49(56)60-39-48-50(57)51(58)52(59)53(62-48)61-43-34-36-54(5)42(38-43)30-31-44-46-33-32-45(41(4)28-26-27-40(2)3)55(46,6)37-35-47(44)54/h30,40-41,43-48,50-53,57-59H,7-29,31-39H2,1-6H3/t41-,43+,44+,45-,46+,47+,48-,50-,51+,52-,53?,54+,55-/m1/s1/i29D/t29?,41-,43+,44+,45-,46+,47+,48-,50-,51+,52-,53?,54+,55-. The van der Waals surface area contributed by atoms with Crippen LogP contribution in [0.1, 0.15) is 242 Å². The number of carbonyl (C=O) groups excluding carboxylic acids is 1. The fourth-order valence-electron chi connectivity index (χ4n) is 13.6. The van der Waals surface area contributed by atoms with Gasteiger partial charge < -0.3 is 29.5 Å². The molecule has 0 bridgehead atoms. The molecular weight excluding hydrogens is 773 g/mol. The highest BCUT2D eigenvalue weighted by molar-refractivity contribution is 5.69. The predicted molar refractivity (Wildman–Crippen MR) is 254 cm³/mol. The van der Waals surface area contributed by atoms with Gasteiger partial charge in [0.25, 0.3) is 0 Å². The first-order valence-corrected chi connectivity index (χ1v) is 26.9. The van der Waals surface area contributed by atoms with Gasteiger partial charge in [-0.2, -0.15) is 0 Å². The highest BCUT2D eigenvalue weighted by Crippen LogP contribution is 2.67. The lowest BCUT2D eigenvalue weighted by atomic mass is 9.47. The van der Waals surface area contributed by atoms with Crippen LogP contribution in [0.5, 0.6) is 0 Å². The van der Waals surface area contributed by atoms with Crippen molar-refractivity contribution >= 4 is 5.97 Å². The highest BCUT2D eigenvalue weighted by Gasteiger charge is 2.59. The number of aliphatic hydroxyl groups is 3. The van der Waals surface area contributed by atoms with Crippen LogP contribution < -0.4 is 0 Å². The van der Waals surface area contributed by atoms with E-state index in [2.05, 4.69) is 47.6 Å². The van der Waals surface area contributed by atoms with Crippen molar-refractivity contribution in [3.63, 3.8) is 0 Å². The van der Waals surface area contributed by atoms with Crippen LogP contribution >= 0.6 is 0 Å². The van der Waals surface area contributed by atoms with Gasteiger partial charge in [0.1, 0.15) is 31.0 Å². The van der Waals surface area contributed by atoms with Gasteiger partial charge in [-0.3, -0.25) is 4.79 Å². The van der Waals surface area contributed by atoms with E-state index < -0.39 is 43.1 Å². The maximum absolute atomic E-state index is 12.8. The van der Waals surface area contributed by atoms with Crippen molar-refractivity contribution in [3.05, 3.63) is 11.6 Å². The number of unbranched alkanes of at least 4 members (excludes halogenated alkanes) is 17. The molecule has 2 unspecified atom stereocenters. The number of aliphatic hydroxyl groups excluding tert-OH is 3. The Labute approximate surface area is 382 Å². The molecule has 5 rings (SSSR count). The number of hydrogen-bond acceptors (Lipinski definition) is 7. The molecule has 7 heteroatoms. The lowest BCUT2D eigenvalue weighted by Gasteiger charge is -2.58. The van der Waals surface area contributed by atoms with Crippen molar-refractivity contribution in [3.8, 4) is 0 Å². The number of fused-ring (bicyclic) bond motifs is 5. The number of rotatable bonds is 29. The number of hydrogen-bond donors (Lipinski definition) is 3. The molecule has 4 aliphatic carbocycles. The van der Waals surface area contributed by atoms with Crippen LogP contribution in [0.15, 0.2) is 11.6 Å². The van der Waals surface area contributed by atoms with E-state index in [1.54, 1.807) is 0 Å². The Hall–Kier alpha value is -0.990. The molecule has 1 saturated heterocycles. The van der Waals surface area contributed by atoms with Crippen LogP contribution in [0.2, 0.25) is 0 Å². The van der Waals surface area contributed by atoms with Gasteiger partial charge in [0, 0.05) is 7.77 Å². The molecule has 5 aliphatic rings. The minimum atomic E-state index is -1.49. The van der Waals surface area contributed by atoms with Crippen molar-refractivity contribution in [2.45, 2.75) is 277 Å². The Balaban J connectivity index is 0.966. The number of allylic oxidation sites excluding steroid dienone is 1. The van der Waals surface area contributed by atoms with E-state index in [1.165, 1.54) is 147 Å². The third-order valence-corrected chi connectivity index (χ3v) is 17.5. The maximum atomic E-state index is 12.8. The summed E-state index contributed by atoms with van der Waals surface area (Å²) >= 11 is 0. The Bertz CT molecular complexity index is 1340. The van der Waals surface area contributed by atoms with Crippen molar-refractivity contribution in [2.75, 3.05) is 6.61 Å². The first-order valence-electron chi connectivity index (χ1n) is 27.5. The third-order valence-electron chi connectivity index (χ3n) is 17.5. The van der Waals surface area contributed by atoms with E-state index in [9.17, 15) is 20.1 Å². The Morgan fingerprint density at radius 2 is 1.34 bits per heavy atom. The van der Waals surface area contributed by atoms with E-state index in [1.807, 2.05) is 0 Å². The maximum Gasteiger partial charge on any atom is 0.305 e. The minimum absolute atomic E-state index is 0.155. The van der Waals surface area contributed by atoms with Gasteiger partial charge in [0.2, 0.25) is 0 Å². The zero-order valence-corrected chi connectivity index (χ0v) is 41.0. The van der Waals surface area contributed by atoms with Crippen LogP contribution in [-0.2, 0) is 19.0 Å². The average molecular weight is 872 g/mol. The summed E-state index contributed by atoms with van der Waals surface area (Å²) < 4.78 is 26.3. The van der Waals surface area contributed by atoms with Crippen LogP contribution in [0.25, 0.3) is 0 Å². The van der Waals surface area contributed by atoms with Crippen molar-refractivity contribution < 1.29 is 35.7 Å². The van der Waals surface area contributed by atoms with Crippen molar-refractivity contribution in [1.82, 2.24) is 0 Å². The predicted octanol–water partition coefficient (Wildman–Crippen LogP) is 13.6. The summed E-state index contributed by atoms with van der Waals surface area (Å²) in [5.74, 6) is 4.05. The largest absolute Gasteiger partial charge is 0.463 e. The molecule has 0 aromatic carbocycles. The molecule has 360 valence electrons. The Morgan fingerprint density at radius 1 is 0.742 bits per heavy atom. The number of carbonyl (C=O) groups is 1. The van der Waals surface area contributed by atoms with E-state index in [0.29, 0.717) is 17.8 Å². The molecule has 0 radical (unpaired) electrons. The topological polar surface area (TPSA) is 105 Å². The Morgan fingerprint density at radius 3 is 1.94 bits per heavy atom. The third kappa shape index (κ3) is 14.5. The second kappa shape index (κ2) is 26.4. The summed E-state index contributed by atoms with van der Waals surface area (Å²) in [6, 6.07) is 0. The number of ether oxygens (including phenoxy) is 3. The van der Waals surface area contributed by atoms with E-state index in [-0.39, 0.29) is 18.1 Å². The van der Waals surface area contributed by atoms with Gasteiger partial charge in [0.05, 0.1) is 6.10 Å². The molecule has 1 aliphatic heterocycles. The van der Waals surface area contributed by atoms with Crippen LogP contribution in [-0.4, -0.2) is 64.7 Å². The molecule has 0 aromatic rings. The molecule has 0 spiro atoms. The molecule has 1 heterocycles. The molecular formula is C55H98O7. The quantitative estimate of drug-likeness (QED) is 0.0390. The summed E-state index contributed by atoms with van der Waals surface area (Å²) in [4.78, 5) is 12.8. The van der Waals surface area contributed by atoms with E-state index in [0.717, 1.165) is 74.5 Å². The fourth-order valence-corrected chi connectivity index (χ4v) is 13.6. The fraction of sp³-hybridized carbons (Fsp3) is 0.945. The summed E-state index contributed by atoms with van der Waals surface area (Å²) in [6.45, 7) is 14.4. The highest BCUT2D eigenvalue weighted by atomic mass is 16.7. The summed E-state index contributed by atoms with van der Waals surface area (Å²) in [6.07, 6.45) is 31.9. The first-order chi connectivity index (χ1) is 30.3. The lowest BCUT2D eigenvalue weighted by molar-refractivity contribution is -0.313. The van der Waals surface area contributed by atoms with Crippen molar-refractivity contribution in [2.24, 2.45) is 46.3 Å². The minimum Gasteiger partial charge on any atom is -0.463 e. The molecule has 0 aromatic heterocycles. The van der Waals surface area contributed by atoms with Crippen LogP contribution in [0.3, 0.4) is 0 Å². The summed E-state index contributed by atoms with van der Waals surface area (Å²) in [5.41, 5.74) is 2.09. The van der Waals surface area contributed by atoms with Gasteiger partial charge in [-0.1, -0.05) is 188 Å². The van der Waals surface area contributed by atoms with Gasteiger partial charge >= 0.3 is 5.97 Å². The monoisotopic (exact) mass is 872 g/mol. The molecule has 62 heavy (non-hydrogen) atoms. The average Bonchev–Trinajstić information content (AvgIpc) is 3.62. The summed E-state index contributed by atoms with van der Waals surface area (Å²) in [7, 11) is 0. The van der Waals surface area contributed by atoms with Gasteiger partial charge in [0.15, 0.2) is 6.29 Å². The zero-order valence-electron chi connectivity index (χ0n) is 42.0. The SMILES string of the molecule is [2H]C(CCCCCCCCCCCCCCCCCCCC)C(=O)OC[C@H]1OC(O[C@H]2CC[C@@]3(C)C(=CC[C@H]4[C@@H]5CC[C@H]([C@H](C)CCCC(C)C)[C@@]5(C)CC[C@@H]43)C2)[C@H](O)[C@@H](O)[C@@H]1O. The lowest BCUT2D eigenvalue weighted by Crippen LogP contribution is -2.60. The van der Waals surface area contributed by atoms with E-state index >= 15 is 0 Å². The van der Waals surface area contributed by atoms with Gasteiger partial charge in [-0.25, -0.2) is 0 Å². The number of esters is 1. The second-order valence-corrected chi connectivity index (χ2v) is 22.4. The van der Waals surface area contributed by atoms with Gasteiger partial charge in [-0.05, 0) is 104 Å². The molecule has 3 saturated carbocycles. The van der Waals surface area contributed by atoms with Crippen LogP contribution in [0.4, 0.5) is 0 Å². The normalized spacial score (nSPS) is 35.7. The van der Waals surface area contributed by atoms with Crippen molar-refractivity contribution in [1.29, 1.82) is 0 Å². The molecule has 0 amide bonds. The molecule has 3 N–H and O–H groups in total. The van der Waals surface area contributed by atoms with Gasteiger partial charge in [-0.15, -0.1) is 0 Å². The van der Waals surface area contributed by atoms with E-state index in [4.69, 9.17) is 15.6 Å². The zero-order chi connectivity index (χ0) is 45.4. The Kier molecular flexibility index (Phi) is 21.5. The second-order valence-electron chi connectivity index (χ2n) is 22.4. The molecule has 4 fully saturated rings.